The lowest BCUT2D eigenvalue weighted by atomic mass is 10.1. The number of nitrogens with zero attached hydrogens (tertiary/aromatic N) is 2. The fourth-order valence-corrected chi connectivity index (χ4v) is 4.31. The van der Waals surface area contributed by atoms with Gasteiger partial charge in [0.25, 0.3) is 10.0 Å². The molecule has 30 heavy (non-hydrogen) atoms. The maximum Gasteiger partial charge on any atom is 0.263 e. The Labute approximate surface area is 183 Å². The Hall–Kier alpha value is -2.97. The summed E-state index contributed by atoms with van der Waals surface area (Å²) in [7, 11) is -3.84. The second-order valence-corrected chi connectivity index (χ2v) is 9.20. The molecule has 0 bridgehead atoms. The molecule has 1 aromatic heterocycles. The zero-order valence-electron chi connectivity index (χ0n) is 16.1. The van der Waals surface area contributed by atoms with Gasteiger partial charge < -0.3 is 5.32 Å². The smallest absolute Gasteiger partial charge is 0.263 e. The van der Waals surface area contributed by atoms with E-state index in [-0.39, 0.29) is 10.7 Å². The van der Waals surface area contributed by atoms with E-state index in [0.29, 0.717) is 16.9 Å². The maximum atomic E-state index is 13.0. The van der Waals surface area contributed by atoms with Crippen molar-refractivity contribution in [2.24, 2.45) is 0 Å². The van der Waals surface area contributed by atoms with E-state index in [0.717, 1.165) is 22.1 Å². The summed E-state index contributed by atoms with van der Waals surface area (Å²) in [5, 5.41) is 3.26. The van der Waals surface area contributed by atoms with E-state index < -0.39 is 10.0 Å². The number of rotatable bonds is 6. The number of para-hydroxylation sites is 3. The van der Waals surface area contributed by atoms with Crippen molar-refractivity contribution < 1.29 is 8.42 Å². The standard InChI is InChI=1S/C22H19BrN4O2S/c1-2-15-7-3-4-8-18(15)24-21-22(26-20-10-6-5-9-19(20)25-21)27-30(28,29)17-13-11-16(23)12-14-17/h3-14H,2H2,1H3,(H,24,25)(H,26,27). The molecule has 152 valence electrons. The Balaban J connectivity index is 1.79. The highest BCUT2D eigenvalue weighted by molar-refractivity contribution is 9.10. The first-order chi connectivity index (χ1) is 14.5. The lowest BCUT2D eigenvalue weighted by molar-refractivity contribution is 0.601. The first-order valence-corrected chi connectivity index (χ1v) is 11.6. The van der Waals surface area contributed by atoms with Crippen molar-refractivity contribution in [3.63, 3.8) is 0 Å². The van der Waals surface area contributed by atoms with Crippen LogP contribution in [-0.4, -0.2) is 18.4 Å². The molecule has 8 heteroatoms. The van der Waals surface area contributed by atoms with E-state index in [1.165, 1.54) is 12.1 Å². The maximum absolute atomic E-state index is 13.0. The van der Waals surface area contributed by atoms with Crippen LogP contribution >= 0.6 is 15.9 Å². The van der Waals surface area contributed by atoms with E-state index in [4.69, 9.17) is 0 Å². The van der Waals surface area contributed by atoms with Gasteiger partial charge in [-0.1, -0.05) is 53.2 Å². The molecular weight excluding hydrogens is 464 g/mol. The molecule has 0 saturated heterocycles. The van der Waals surface area contributed by atoms with Crippen LogP contribution in [-0.2, 0) is 16.4 Å². The van der Waals surface area contributed by atoms with Crippen molar-refractivity contribution in [2.75, 3.05) is 10.0 Å². The zero-order valence-corrected chi connectivity index (χ0v) is 18.5. The van der Waals surface area contributed by atoms with Gasteiger partial charge in [0.1, 0.15) is 0 Å². The number of nitrogens with one attached hydrogen (secondary N) is 2. The average molecular weight is 483 g/mol. The molecule has 0 aliphatic rings. The normalized spacial score (nSPS) is 11.4. The largest absolute Gasteiger partial charge is 0.337 e. The van der Waals surface area contributed by atoms with Crippen LogP contribution in [0.25, 0.3) is 11.0 Å². The molecule has 4 aromatic rings. The molecule has 6 nitrogen and oxygen atoms in total. The van der Waals surface area contributed by atoms with E-state index in [1.54, 1.807) is 18.2 Å². The van der Waals surface area contributed by atoms with Crippen LogP contribution in [0.1, 0.15) is 12.5 Å². The molecular formula is C22H19BrN4O2S. The minimum absolute atomic E-state index is 0.139. The second-order valence-electron chi connectivity index (χ2n) is 6.60. The van der Waals surface area contributed by atoms with Crippen LogP contribution in [0.5, 0.6) is 0 Å². The van der Waals surface area contributed by atoms with Crippen molar-refractivity contribution in [3.05, 3.63) is 82.8 Å². The summed E-state index contributed by atoms with van der Waals surface area (Å²) in [5.41, 5.74) is 3.21. The van der Waals surface area contributed by atoms with Gasteiger partial charge in [0.15, 0.2) is 11.6 Å². The van der Waals surface area contributed by atoms with E-state index >= 15 is 0 Å². The molecule has 2 N–H and O–H groups in total. The van der Waals surface area contributed by atoms with Crippen LogP contribution < -0.4 is 10.0 Å². The van der Waals surface area contributed by atoms with E-state index in [9.17, 15) is 8.42 Å². The summed E-state index contributed by atoms with van der Waals surface area (Å²) in [6.45, 7) is 2.06. The Morgan fingerprint density at radius 3 is 2.10 bits per heavy atom. The number of fused-ring (bicyclic) bond motifs is 1. The van der Waals surface area contributed by atoms with Crippen molar-refractivity contribution in [3.8, 4) is 0 Å². The summed E-state index contributed by atoms with van der Waals surface area (Å²) in [6, 6.07) is 21.6. The van der Waals surface area contributed by atoms with Crippen LogP contribution in [0.15, 0.2) is 82.2 Å². The number of hydrogen-bond donors (Lipinski definition) is 2. The van der Waals surface area contributed by atoms with Crippen LogP contribution in [0, 0.1) is 0 Å². The summed E-state index contributed by atoms with van der Waals surface area (Å²) in [5.74, 6) is 0.484. The second kappa shape index (κ2) is 8.41. The number of anilines is 3. The van der Waals surface area contributed by atoms with Crippen LogP contribution in [0.3, 0.4) is 0 Å². The van der Waals surface area contributed by atoms with Gasteiger partial charge in [-0.15, -0.1) is 0 Å². The number of benzene rings is 3. The van der Waals surface area contributed by atoms with Gasteiger partial charge in [0.05, 0.1) is 15.9 Å². The molecule has 0 fully saturated rings. The number of aryl methyl sites for hydroxylation is 1. The Kier molecular flexibility index (Phi) is 5.69. The van der Waals surface area contributed by atoms with Gasteiger partial charge in [-0.3, -0.25) is 4.72 Å². The molecule has 4 rings (SSSR count). The minimum Gasteiger partial charge on any atom is -0.337 e. The van der Waals surface area contributed by atoms with Gasteiger partial charge in [0.2, 0.25) is 0 Å². The molecule has 0 atom stereocenters. The van der Waals surface area contributed by atoms with E-state index in [1.807, 2.05) is 42.5 Å². The fraction of sp³-hybridized carbons (Fsp3) is 0.0909. The third-order valence-electron chi connectivity index (χ3n) is 4.58. The van der Waals surface area contributed by atoms with Gasteiger partial charge in [0, 0.05) is 10.2 Å². The Morgan fingerprint density at radius 1 is 0.833 bits per heavy atom. The predicted molar refractivity (Wildman–Crippen MR) is 124 cm³/mol. The number of halogens is 1. The quantitative estimate of drug-likeness (QED) is 0.379. The molecule has 1 heterocycles. The number of hydrogen-bond acceptors (Lipinski definition) is 5. The van der Waals surface area contributed by atoms with Crippen molar-refractivity contribution in [1.29, 1.82) is 0 Å². The highest BCUT2D eigenvalue weighted by atomic mass is 79.9. The average Bonchev–Trinajstić information content (AvgIpc) is 2.74. The van der Waals surface area contributed by atoms with Gasteiger partial charge >= 0.3 is 0 Å². The molecule has 0 amide bonds. The molecule has 0 aliphatic carbocycles. The third-order valence-corrected chi connectivity index (χ3v) is 6.46. The van der Waals surface area contributed by atoms with Gasteiger partial charge in [-0.05, 0) is 54.4 Å². The first kappa shape index (κ1) is 20.3. The number of sulfonamides is 1. The Bertz CT molecular complexity index is 1310. The van der Waals surface area contributed by atoms with Crippen molar-refractivity contribution in [2.45, 2.75) is 18.2 Å². The minimum atomic E-state index is -3.84. The molecule has 0 unspecified atom stereocenters. The fourth-order valence-electron chi connectivity index (χ4n) is 3.04. The highest BCUT2D eigenvalue weighted by Gasteiger charge is 2.19. The van der Waals surface area contributed by atoms with Gasteiger partial charge in [-0.2, -0.15) is 0 Å². The molecule has 0 saturated carbocycles. The molecule has 3 aromatic carbocycles. The molecule has 0 aliphatic heterocycles. The van der Waals surface area contributed by atoms with Gasteiger partial charge in [-0.25, -0.2) is 18.4 Å². The van der Waals surface area contributed by atoms with Crippen molar-refractivity contribution >= 4 is 54.3 Å². The summed E-state index contributed by atoms with van der Waals surface area (Å²) < 4.78 is 29.3. The first-order valence-electron chi connectivity index (χ1n) is 9.36. The van der Waals surface area contributed by atoms with Crippen LogP contribution in [0.4, 0.5) is 17.3 Å². The lowest BCUT2D eigenvalue weighted by Gasteiger charge is -2.15. The predicted octanol–water partition coefficient (Wildman–Crippen LogP) is 5.50. The SMILES string of the molecule is CCc1ccccc1Nc1nc2ccccc2nc1NS(=O)(=O)c1ccc(Br)cc1. The third kappa shape index (κ3) is 4.29. The molecule has 0 spiro atoms. The van der Waals surface area contributed by atoms with Crippen LogP contribution in [0.2, 0.25) is 0 Å². The summed E-state index contributed by atoms with van der Waals surface area (Å²) in [6.07, 6.45) is 0.824. The summed E-state index contributed by atoms with van der Waals surface area (Å²) >= 11 is 3.32. The molecule has 0 radical (unpaired) electrons. The monoisotopic (exact) mass is 482 g/mol. The van der Waals surface area contributed by atoms with E-state index in [2.05, 4.69) is 42.9 Å². The highest BCUT2D eigenvalue weighted by Crippen LogP contribution is 2.29. The summed E-state index contributed by atoms with van der Waals surface area (Å²) in [4.78, 5) is 9.30. The lowest BCUT2D eigenvalue weighted by Crippen LogP contribution is -2.16. The zero-order chi connectivity index (χ0) is 21.1. The van der Waals surface area contributed by atoms with Crippen molar-refractivity contribution in [1.82, 2.24) is 9.97 Å². The Morgan fingerprint density at radius 2 is 1.43 bits per heavy atom. The number of aromatic nitrogens is 2. The topological polar surface area (TPSA) is 84.0 Å².